The number of phenols is 2. The normalized spacial score (nSPS) is 12.6. The molecule has 0 aliphatic rings. The highest BCUT2D eigenvalue weighted by atomic mass is 16.3. The molecule has 0 bridgehead atoms. The lowest BCUT2D eigenvalue weighted by atomic mass is 10.1. The molecule has 3 rings (SSSR count). The first-order chi connectivity index (χ1) is 12.8. The van der Waals surface area contributed by atoms with Crippen molar-refractivity contribution in [2.45, 2.75) is 25.9 Å². The zero-order chi connectivity index (χ0) is 19.7. The van der Waals surface area contributed by atoms with Gasteiger partial charge in [0, 0.05) is 33.2 Å². The molecule has 0 saturated heterocycles. The van der Waals surface area contributed by atoms with E-state index < -0.39 is 5.69 Å². The Morgan fingerprint density at radius 2 is 1.89 bits per heavy atom. The molecule has 0 amide bonds. The lowest BCUT2D eigenvalue weighted by Gasteiger charge is -2.15. The lowest BCUT2D eigenvalue weighted by molar-refractivity contribution is 0.402. The minimum atomic E-state index is -0.401. The van der Waals surface area contributed by atoms with Crippen LogP contribution in [0.15, 0.2) is 34.1 Å². The average Bonchev–Trinajstić information content (AvgIpc) is 3.05. The minimum absolute atomic E-state index is 0.121. The molecule has 1 atom stereocenters. The number of aromatic nitrogens is 4. The molecular weight excluding hydrogens is 350 g/mol. The van der Waals surface area contributed by atoms with Gasteiger partial charge in [0.1, 0.15) is 0 Å². The summed E-state index contributed by atoms with van der Waals surface area (Å²) in [6.45, 7) is 3.14. The lowest BCUT2D eigenvalue weighted by Crippen LogP contribution is -2.38. The first kappa shape index (κ1) is 18.7. The van der Waals surface area contributed by atoms with Crippen molar-refractivity contribution >= 4 is 11.2 Å². The summed E-state index contributed by atoms with van der Waals surface area (Å²) >= 11 is 0. The maximum absolute atomic E-state index is 12.4. The van der Waals surface area contributed by atoms with Gasteiger partial charge in [-0.2, -0.15) is 0 Å². The average molecular weight is 373 g/mol. The Labute approximate surface area is 155 Å². The van der Waals surface area contributed by atoms with Crippen molar-refractivity contribution in [3.05, 3.63) is 50.9 Å². The molecule has 3 aromatic rings. The highest BCUT2D eigenvalue weighted by Crippen LogP contribution is 2.25. The number of aromatic hydroxyl groups is 2. The molecule has 0 spiro atoms. The number of imidazole rings is 1. The zero-order valence-electron chi connectivity index (χ0n) is 15.5. The van der Waals surface area contributed by atoms with Gasteiger partial charge in [0.05, 0.1) is 6.33 Å². The summed E-state index contributed by atoms with van der Waals surface area (Å²) in [5.74, 6) is -0.270. The molecule has 9 nitrogen and oxygen atoms in total. The highest BCUT2D eigenvalue weighted by molar-refractivity contribution is 5.69. The van der Waals surface area contributed by atoms with Gasteiger partial charge in [0.25, 0.3) is 5.56 Å². The van der Waals surface area contributed by atoms with Gasteiger partial charge in [-0.1, -0.05) is 6.07 Å². The Kier molecular flexibility index (Phi) is 5.04. The van der Waals surface area contributed by atoms with Crippen molar-refractivity contribution in [1.82, 2.24) is 24.0 Å². The van der Waals surface area contributed by atoms with Crippen molar-refractivity contribution in [3.63, 3.8) is 0 Å². The van der Waals surface area contributed by atoms with Crippen molar-refractivity contribution in [2.75, 3.05) is 6.54 Å². The summed E-state index contributed by atoms with van der Waals surface area (Å²) in [5.41, 5.74) is 0.912. The Hall–Kier alpha value is -3.07. The van der Waals surface area contributed by atoms with Crippen molar-refractivity contribution in [1.29, 1.82) is 0 Å². The third-order valence-electron chi connectivity index (χ3n) is 4.64. The Morgan fingerprint density at radius 3 is 2.59 bits per heavy atom. The molecule has 0 saturated carbocycles. The number of phenolic OH excluding ortho intramolecular Hbond substituents is 2. The molecule has 0 aliphatic carbocycles. The molecule has 2 aromatic heterocycles. The van der Waals surface area contributed by atoms with E-state index in [9.17, 15) is 19.8 Å². The Morgan fingerprint density at radius 1 is 1.15 bits per heavy atom. The van der Waals surface area contributed by atoms with Gasteiger partial charge >= 0.3 is 5.69 Å². The zero-order valence-corrected chi connectivity index (χ0v) is 15.5. The number of nitrogens with one attached hydrogen (secondary N) is 1. The van der Waals surface area contributed by atoms with Gasteiger partial charge in [0.2, 0.25) is 0 Å². The third kappa shape index (κ3) is 3.59. The number of hydrogen-bond donors (Lipinski definition) is 3. The number of rotatable bonds is 6. The van der Waals surface area contributed by atoms with Crippen LogP contribution >= 0.6 is 0 Å². The molecule has 0 aliphatic heterocycles. The monoisotopic (exact) mass is 373 g/mol. The first-order valence-electron chi connectivity index (χ1n) is 8.64. The fourth-order valence-electron chi connectivity index (χ4n) is 3.12. The summed E-state index contributed by atoms with van der Waals surface area (Å²) in [6, 6.07) is 4.90. The van der Waals surface area contributed by atoms with E-state index in [-0.39, 0.29) is 23.1 Å². The largest absolute Gasteiger partial charge is 0.504 e. The van der Waals surface area contributed by atoms with Crippen LogP contribution in [0.3, 0.4) is 0 Å². The number of nitrogens with zero attached hydrogens (tertiary/aromatic N) is 4. The van der Waals surface area contributed by atoms with E-state index >= 15 is 0 Å². The van der Waals surface area contributed by atoms with Crippen molar-refractivity contribution in [2.24, 2.45) is 14.1 Å². The van der Waals surface area contributed by atoms with E-state index in [4.69, 9.17) is 0 Å². The van der Waals surface area contributed by atoms with Crippen LogP contribution in [0.2, 0.25) is 0 Å². The molecule has 144 valence electrons. The van der Waals surface area contributed by atoms with E-state index in [1.54, 1.807) is 30.1 Å². The Balaban J connectivity index is 1.68. The van der Waals surface area contributed by atoms with Crippen molar-refractivity contribution in [3.8, 4) is 11.5 Å². The smallest absolute Gasteiger partial charge is 0.332 e. The van der Waals surface area contributed by atoms with Crippen LogP contribution in [0, 0.1) is 0 Å². The Bertz CT molecular complexity index is 1100. The first-order valence-corrected chi connectivity index (χ1v) is 8.64. The predicted molar refractivity (Wildman–Crippen MR) is 101 cm³/mol. The van der Waals surface area contributed by atoms with Crippen LogP contribution in [0.5, 0.6) is 11.5 Å². The van der Waals surface area contributed by atoms with Gasteiger partial charge in [-0.05, 0) is 31.0 Å². The summed E-state index contributed by atoms with van der Waals surface area (Å²) in [5, 5.41) is 22.3. The van der Waals surface area contributed by atoms with Crippen LogP contribution in [-0.4, -0.2) is 41.5 Å². The molecule has 9 heteroatoms. The van der Waals surface area contributed by atoms with Gasteiger partial charge in [-0.3, -0.25) is 13.9 Å². The van der Waals surface area contributed by atoms with Crippen molar-refractivity contribution < 1.29 is 10.2 Å². The topological polar surface area (TPSA) is 114 Å². The summed E-state index contributed by atoms with van der Waals surface area (Å²) < 4.78 is 4.18. The van der Waals surface area contributed by atoms with E-state index in [0.29, 0.717) is 30.7 Å². The van der Waals surface area contributed by atoms with Crippen LogP contribution in [0.4, 0.5) is 0 Å². The highest BCUT2D eigenvalue weighted by Gasteiger charge is 2.14. The molecule has 0 radical (unpaired) electrons. The number of aryl methyl sites for hydroxylation is 1. The predicted octanol–water partition coefficient (Wildman–Crippen LogP) is 0.0657. The van der Waals surface area contributed by atoms with Crippen LogP contribution in [-0.2, 0) is 27.1 Å². The quantitative estimate of drug-likeness (QED) is 0.527. The molecule has 1 unspecified atom stereocenters. The van der Waals surface area contributed by atoms with Gasteiger partial charge in [-0.15, -0.1) is 0 Å². The second kappa shape index (κ2) is 7.28. The molecular formula is C18H23N5O4. The summed E-state index contributed by atoms with van der Waals surface area (Å²) in [7, 11) is 3.05. The molecule has 3 N–H and O–H groups in total. The van der Waals surface area contributed by atoms with E-state index in [1.807, 2.05) is 6.92 Å². The third-order valence-corrected chi connectivity index (χ3v) is 4.64. The number of benzene rings is 1. The van der Waals surface area contributed by atoms with Gasteiger partial charge < -0.3 is 20.1 Å². The second-order valence-corrected chi connectivity index (χ2v) is 6.70. The van der Waals surface area contributed by atoms with E-state index in [0.717, 1.165) is 10.1 Å². The van der Waals surface area contributed by atoms with Gasteiger partial charge in [0.15, 0.2) is 22.7 Å². The van der Waals surface area contributed by atoms with Crippen LogP contribution < -0.4 is 16.6 Å². The number of hydrogen-bond acceptors (Lipinski definition) is 6. The number of fused-ring (bicyclic) bond motifs is 1. The minimum Gasteiger partial charge on any atom is -0.504 e. The van der Waals surface area contributed by atoms with Gasteiger partial charge in [-0.25, -0.2) is 9.78 Å². The molecule has 2 heterocycles. The molecule has 0 fully saturated rings. The van der Waals surface area contributed by atoms with E-state index in [2.05, 4.69) is 10.3 Å². The fraction of sp³-hybridized carbons (Fsp3) is 0.389. The molecule has 1 aromatic carbocycles. The maximum atomic E-state index is 12.4. The summed E-state index contributed by atoms with van der Waals surface area (Å²) in [6.07, 6.45) is 2.24. The standard InChI is InChI=1S/C18H23N5O4/c1-11(8-12-4-5-13(24)14(25)9-12)19-6-7-23-10-20-16-15(23)17(26)22(3)18(27)21(16)2/h4-5,9-11,19,24-25H,6-8H2,1-3H3. The SMILES string of the molecule is CC(Cc1ccc(O)c(O)c1)NCCn1cnc2c1c(=O)n(C)c(=O)n2C. The van der Waals surface area contributed by atoms with Crippen LogP contribution in [0.1, 0.15) is 12.5 Å². The second-order valence-electron chi connectivity index (χ2n) is 6.70. The summed E-state index contributed by atoms with van der Waals surface area (Å²) in [4.78, 5) is 28.6. The van der Waals surface area contributed by atoms with E-state index in [1.165, 1.54) is 17.7 Å². The maximum Gasteiger partial charge on any atom is 0.332 e. The fourth-order valence-corrected chi connectivity index (χ4v) is 3.12. The van der Waals surface area contributed by atoms with Crippen LogP contribution in [0.25, 0.3) is 11.2 Å². The molecule has 27 heavy (non-hydrogen) atoms.